The summed E-state index contributed by atoms with van der Waals surface area (Å²) in [5.74, 6) is -1.61. The van der Waals surface area contributed by atoms with Gasteiger partial charge < -0.3 is 15.1 Å². The topological polar surface area (TPSA) is 69.7 Å². The zero-order chi connectivity index (χ0) is 20.7. The number of halogens is 1. The molecule has 6 nitrogen and oxygen atoms in total. The number of nitrogens with zero attached hydrogens (tertiary/aromatic N) is 2. The molecule has 0 spiro atoms. The monoisotopic (exact) mass is 395 g/mol. The molecule has 2 aliphatic heterocycles. The predicted octanol–water partition coefficient (Wildman–Crippen LogP) is 3.03. The van der Waals surface area contributed by atoms with Crippen LogP contribution in [-0.4, -0.2) is 41.8 Å². The number of hydrogen-bond donors (Lipinski definition) is 1. The molecule has 0 radical (unpaired) electrons. The quantitative estimate of drug-likeness (QED) is 0.869. The maximum Gasteiger partial charge on any atom is 0.256 e. The lowest BCUT2D eigenvalue weighted by Crippen LogP contribution is -2.47. The highest BCUT2D eigenvalue weighted by Gasteiger charge is 2.42. The van der Waals surface area contributed by atoms with Crippen LogP contribution in [0.1, 0.15) is 34.3 Å². The Labute approximate surface area is 168 Å². The van der Waals surface area contributed by atoms with Gasteiger partial charge in [-0.2, -0.15) is 0 Å². The van der Waals surface area contributed by atoms with Crippen molar-refractivity contribution >= 4 is 29.1 Å². The number of nitrogens with one attached hydrogen (secondary N) is 1. The van der Waals surface area contributed by atoms with Gasteiger partial charge in [0.25, 0.3) is 5.91 Å². The Morgan fingerprint density at radius 1 is 1.21 bits per heavy atom. The van der Waals surface area contributed by atoms with Crippen LogP contribution in [0.3, 0.4) is 0 Å². The van der Waals surface area contributed by atoms with Crippen molar-refractivity contribution in [3.8, 4) is 0 Å². The summed E-state index contributed by atoms with van der Waals surface area (Å²) in [7, 11) is 0. The van der Waals surface area contributed by atoms with Gasteiger partial charge in [-0.05, 0) is 62.1 Å². The summed E-state index contributed by atoms with van der Waals surface area (Å²) >= 11 is 0. The van der Waals surface area contributed by atoms with E-state index in [2.05, 4.69) is 5.32 Å². The minimum absolute atomic E-state index is 0.144. The number of anilines is 2. The molecule has 4 rings (SSSR count). The Morgan fingerprint density at radius 2 is 2.00 bits per heavy atom. The van der Waals surface area contributed by atoms with Gasteiger partial charge in [0.15, 0.2) is 0 Å². The van der Waals surface area contributed by atoms with Gasteiger partial charge in [0, 0.05) is 12.2 Å². The molecule has 2 aliphatic rings. The Morgan fingerprint density at radius 3 is 2.79 bits per heavy atom. The first-order valence-electron chi connectivity index (χ1n) is 9.65. The average molecular weight is 395 g/mol. The molecule has 0 unspecified atom stereocenters. The molecule has 1 saturated heterocycles. The SMILES string of the molecule is Cc1cccc(NC(=O)CN2C(=O)[C@@H]3CCCN3C(=O)c3ccc(F)cc32)c1C. The number of amides is 3. The van der Waals surface area contributed by atoms with E-state index in [1.54, 1.807) is 6.07 Å². The fraction of sp³-hybridized carbons (Fsp3) is 0.318. The minimum Gasteiger partial charge on any atom is -0.327 e. The van der Waals surface area contributed by atoms with E-state index in [1.165, 1.54) is 21.9 Å². The van der Waals surface area contributed by atoms with Crippen LogP contribution in [0.25, 0.3) is 0 Å². The number of benzene rings is 2. The molecule has 0 bridgehead atoms. The summed E-state index contributed by atoms with van der Waals surface area (Å²) in [5, 5.41) is 2.83. The first-order valence-corrected chi connectivity index (χ1v) is 9.65. The van der Waals surface area contributed by atoms with Crippen molar-refractivity contribution in [2.75, 3.05) is 23.3 Å². The molecule has 3 amide bonds. The molecule has 1 atom stereocenters. The molecule has 150 valence electrons. The van der Waals surface area contributed by atoms with Gasteiger partial charge in [0.1, 0.15) is 18.4 Å². The van der Waals surface area contributed by atoms with E-state index in [-0.39, 0.29) is 29.6 Å². The molecule has 0 saturated carbocycles. The molecule has 2 aromatic carbocycles. The van der Waals surface area contributed by atoms with Crippen molar-refractivity contribution in [2.24, 2.45) is 0 Å². The van der Waals surface area contributed by atoms with Crippen LogP contribution in [0.5, 0.6) is 0 Å². The molecule has 0 aromatic heterocycles. The van der Waals surface area contributed by atoms with Crippen LogP contribution in [0.15, 0.2) is 36.4 Å². The standard InChI is InChI=1S/C22H22FN3O3/c1-13-5-3-6-17(14(13)2)24-20(27)12-26-19-11-15(23)8-9-16(19)21(28)25-10-4-7-18(25)22(26)29/h3,5-6,8-9,11,18H,4,7,10,12H2,1-2H3,(H,24,27)/t18-/m0/s1. The molecule has 2 aromatic rings. The van der Waals surface area contributed by atoms with Crippen molar-refractivity contribution in [3.05, 3.63) is 58.9 Å². The fourth-order valence-electron chi connectivity index (χ4n) is 4.01. The maximum absolute atomic E-state index is 14.0. The molecule has 2 heterocycles. The van der Waals surface area contributed by atoms with Crippen LogP contribution >= 0.6 is 0 Å². The average Bonchev–Trinajstić information content (AvgIpc) is 3.16. The van der Waals surface area contributed by atoms with E-state index in [0.29, 0.717) is 18.7 Å². The minimum atomic E-state index is -0.619. The van der Waals surface area contributed by atoms with Crippen LogP contribution in [-0.2, 0) is 9.59 Å². The zero-order valence-electron chi connectivity index (χ0n) is 16.4. The Hall–Kier alpha value is -3.22. The Bertz CT molecular complexity index is 1020. The summed E-state index contributed by atoms with van der Waals surface area (Å²) in [6.07, 6.45) is 1.26. The number of aryl methyl sites for hydroxylation is 1. The number of carbonyl (C=O) groups excluding carboxylic acids is 3. The van der Waals surface area contributed by atoms with Gasteiger partial charge in [-0.15, -0.1) is 0 Å². The van der Waals surface area contributed by atoms with Crippen LogP contribution in [0.4, 0.5) is 15.8 Å². The molecular weight excluding hydrogens is 373 g/mol. The number of carbonyl (C=O) groups is 3. The molecule has 0 aliphatic carbocycles. The number of rotatable bonds is 3. The van der Waals surface area contributed by atoms with Crippen LogP contribution in [0.2, 0.25) is 0 Å². The predicted molar refractivity (Wildman–Crippen MR) is 107 cm³/mol. The second kappa shape index (κ2) is 7.31. The normalized spacial score (nSPS) is 18.4. The number of hydrogen-bond acceptors (Lipinski definition) is 3. The van der Waals surface area contributed by atoms with E-state index in [0.717, 1.165) is 23.6 Å². The van der Waals surface area contributed by atoms with E-state index in [9.17, 15) is 18.8 Å². The summed E-state index contributed by atoms with van der Waals surface area (Å²) in [6.45, 7) is 4.04. The molecule has 7 heteroatoms. The van der Waals surface area contributed by atoms with Crippen molar-refractivity contribution < 1.29 is 18.8 Å². The lowest BCUT2D eigenvalue weighted by Gasteiger charge is -2.25. The second-order valence-electron chi connectivity index (χ2n) is 7.54. The van der Waals surface area contributed by atoms with Gasteiger partial charge in [0.05, 0.1) is 11.3 Å². The number of fused-ring (bicyclic) bond motifs is 2. The van der Waals surface area contributed by atoms with Crippen LogP contribution in [0, 0.1) is 19.7 Å². The highest BCUT2D eigenvalue weighted by atomic mass is 19.1. The first-order chi connectivity index (χ1) is 13.9. The molecule has 1 fully saturated rings. The molecule has 1 N–H and O–H groups in total. The van der Waals surface area contributed by atoms with E-state index >= 15 is 0 Å². The lowest BCUT2D eigenvalue weighted by molar-refractivity contribution is -0.124. The van der Waals surface area contributed by atoms with E-state index in [4.69, 9.17) is 0 Å². The third-order valence-corrected chi connectivity index (χ3v) is 5.73. The molecular formula is C22H22FN3O3. The fourth-order valence-corrected chi connectivity index (χ4v) is 4.01. The van der Waals surface area contributed by atoms with Crippen LogP contribution < -0.4 is 10.2 Å². The summed E-state index contributed by atoms with van der Waals surface area (Å²) in [5.41, 5.74) is 3.02. The summed E-state index contributed by atoms with van der Waals surface area (Å²) < 4.78 is 14.0. The van der Waals surface area contributed by atoms with Gasteiger partial charge in [0.2, 0.25) is 11.8 Å². The largest absolute Gasteiger partial charge is 0.327 e. The molecule has 29 heavy (non-hydrogen) atoms. The maximum atomic E-state index is 14.0. The van der Waals surface area contributed by atoms with Gasteiger partial charge in [-0.1, -0.05) is 12.1 Å². The van der Waals surface area contributed by atoms with Gasteiger partial charge in [-0.3, -0.25) is 14.4 Å². The Kier molecular flexibility index (Phi) is 4.82. The second-order valence-corrected chi connectivity index (χ2v) is 7.54. The Balaban J connectivity index is 1.67. The van der Waals surface area contributed by atoms with Crippen molar-refractivity contribution in [1.82, 2.24) is 4.90 Å². The summed E-state index contributed by atoms with van der Waals surface area (Å²) in [6, 6.07) is 8.70. The summed E-state index contributed by atoms with van der Waals surface area (Å²) in [4.78, 5) is 41.6. The lowest BCUT2D eigenvalue weighted by atomic mass is 10.1. The highest BCUT2D eigenvalue weighted by Crippen LogP contribution is 2.33. The van der Waals surface area contributed by atoms with Gasteiger partial charge in [-0.25, -0.2) is 4.39 Å². The van der Waals surface area contributed by atoms with E-state index in [1.807, 2.05) is 26.0 Å². The third-order valence-electron chi connectivity index (χ3n) is 5.73. The van der Waals surface area contributed by atoms with Crippen molar-refractivity contribution in [2.45, 2.75) is 32.7 Å². The van der Waals surface area contributed by atoms with Crippen molar-refractivity contribution in [3.63, 3.8) is 0 Å². The van der Waals surface area contributed by atoms with Crippen molar-refractivity contribution in [1.29, 1.82) is 0 Å². The third kappa shape index (κ3) is 3.37. The smallest absolute Gasteiger partial charge is 0.256 e. The van der Waals surface area contributed by atoms with E-state index < -0.39 is 17.8 Å². The van der Waals surface area contributed by atoms with Gasteiger partial charge >= 0.3 is 0 Å². The highest BCUT2D eigenvalue weighted by molar-refractivity contribution is 6.13. The zero-order valence-corrected chi connectivity index (χ0v) is 16.4. The first kappa shape index (κ1) is 19.1.